The van der Waals surface area contributed by atoms with E-state index in [0.717, 1.165) is 17.3 Å². The second-order valence-electron chi connectivity index (χ2n) is 8.53. The van der Waals surface area contributed by atoms with Gasteiger partial charge in [-0.25, -0.2) is 0 Å². The largest absolute Gasteiger partial charge is 0.511 e. The molecule has 2 atom stereocenters. The second-order valence-corrected chi connectivity index (χ2v) is 10.8. The summed E-state index contributed by atoms with van der Waals surface area (Å²) in [6.07, 6.45) is 0.0740. The fraction of sp³-hybridized carbons (Fsp3) is 0.214. The average Bonchev–Trinajstić information content (AvgIpc) is 2.83. The third-order valence-corrected chi connectivity index (χ3v) is 8.25. The highest BCUT2D eigenvalue weighted by Crippen LogP contribution is 2.45. The van der Waals surface area contributed by atoms with Gasteiger partial charge in [-0.2, -0.15) is 0 Å². The number of Topliss-reactive ketones (excluding diaryl/α,β-unsaturated/α-hetero) is 1. The van der Waals surface area contributed by atoms with Gasteiger partial charge in [-0.3, -0.25) is 9.59 Å². The topological polar surface area (TPSA) is 63.6 Å². The quantitative estimate of drug-likeness (QED) is 0.293. The van der Waals surface area contributed by atoms with Gasteiger partial charge in [0.25, 0.3) is 0 Å². The van der Waals surface area contributed by atoms with Gasteiger partial charge in [0.15, 0.2) is 5.78 Å². The molecule has 8 heteroatoms. The number of aliphatic hydroxyl groups is 1. The van der Waals surface area contributed by atoms with Crippen LogP contribution >= 0.6 is 46.6 Å². The van der Waals surface area contributed by atoms with E-state index in [1.165, 1.54) is 0 Å². The number of allylic oxidation sites excluding steroid dienone is 2. The summed E-state index contributed by atoms with van der Waals surface area (Å²) in [6, 6.07) is 19.8. The van der Waals surface area contributed by atoms with Crippen LogP contribution < -0.4 is 0 Å². The number of hydrogen-bond acceptors (Lipinski definition) is 5. The Hall–Kier alpha value is -2.44. The Morgan fingerprint density at radius 1 is 1.00 bits per heavy atom. The van der Waals surface area contributed by atoms with Crippen molar-refractivity contribution in [3.63, 3.8) is 0 Å². The molecule has 0 aliphatic heterocycles. The molecule has 0 unspecified atom stereocenters. The van der Waals surface area contributed by atoms with Crippen molar-refractivity contribution >= 4 is 58.3 Å². The molecule has 0 spiro atoms. The van der Waals surface area contributed by atoms with E-state index in [4.69, 9.17) is 39.5 Å². The maximum atomic E-state index is 13.0. The first-order chi connectivity index (χ1) is 17.2. The Labute approximate surface area is 229 Å². The predicted molar refractivity (Wildman–Crippen MR) is 145 cm³/mol. The summed E-state index contributed by atoms with van der Waals surface area (Å²) in [5, 5.41) is 12.1. The SMILES string of the molecule is C[C@H](OC(=O)Cc1ccc(Cl)c(SC2=C(O)C[C@H](c3c(Cl)cccc3Cl)CC2=O)c1)c1ccccc1. The van der Waals surface area contributed by atoms with E-state index < -0.39 is 0 Å². The van der Waals surface area contributed by atoms with E-state index in [2.05, 4.69) is 0 Å². The normalized spacial score (nSPS) is 16.7. The molecule has 0 bridgehead atoms. The number of aliphatic hydroxyl groups excluding tert-OH is 1. The molecule has 0 saturated heterocycles. The fourth-order valence-corrected chi connectivity index (χ4v) is 6.07. The number of esters is 1. The zero-order valence-electron chi connectivity index (χ0n) is 19.3. The van der Waals surface area contributed by atoms with Gasteiger partial charge in [-0.15, -0.1) is 0 Å². The van der Waals surface area contributed by atoms with Crippen molar-refractivity contribution in [2.24, 2.45) is 0 Å². The summed E-state index contributed by atoms with van der Waals surface area (Å²) in [5.41, 5.74) is 2.26. The lowest BCUT2D eigenvalue weighted by atomic mass is 9.86. The zero-order chi connectivity index (χ0) is 25.8. The maximum Gasteiger partial charge on any atom is 0.310 e. The molecule has 3 aromatic rings. The number of thioether (sulfide) groups is 1. The van der Waals surface area contributed by atoms with Crippen LogP contribution in [0.4, 0.5) is 0 Å². The summed E-state index contributed by atoms with van der Waals surface area (Å²) in [5.74, 6) is -0.941. The summed E-state index contributed by atoms with van der Waals surface area (Å²) in [6.45, 7) is 1.82. The fourth-order valence-electron chi connectivity index (χ4n) is 4.14. The molecule has 0 fully saturated rings. The van der Waals surface area contributed by atoms with Crippen LogP contribution in [-0.4, -0.2) is 16.9 Å². The molecule has 3 aromatic carbocycles. The molecule has 0 radical (unpaired) electrons. The molecule has 1 aliphatic carbocycles. The highest BCUT2D eigenvalue weighted by Gasteiger charge is 2.32. The van der Waals surface area contributed by atoms with Gasteiger partial charge in [0.1, 0.15) is 11.9 Å². The smallest absolute Gasteiger partial charge is 0.310 e. The first-order valence-corrected chi connectivity index (χ1v) is 13.3. The summed E-state index contributed by atoms with van der Waals surface area (Å²) < 4.78 is 5.56. The summed E-state index contributed by atoms with van der Waals surface area (Å²) in [4.78, 5) is 26.3. The Balaban J connectivity index is 1.47. The standard InChI is InChI=1S/C28H23Cl3O4S/c1-16(18-6-3-2-4-7-18)35-26(34)13-17-10-11-20(29)25(12-17)36-28-23(32)14-19(15-24(28)33)27-21(30)8-5-9-22(27)31/h2-12,16,19,32H,13-15H2,1H3/t16-,19-/m0/s1. The molecule has 4 nitrogen and oxygen atoms in total. The number of ketones is 1. The van der Waals surface area contributed by atoms with Crippen LogP contribution in [0.1, 0.15) is 48.5 Å². The number of carbonyl (C=O) groups excluding carboxylic acids is 2. The van der Waals surface area contributed by atoms with E-state index in [1.807, 2.05) is 37.3 Å². The average molecular weight is 562 g/mol. The van der Waals surface area contributed by atoms with Crippen molar-refractivity contribution in [2.75, 3.05) is 0 Å². The predicted octanol–water partition coefficient (Wildman–Crippen LogP) is 8.50. The molecule has 4 rings (SSSR count). The molecular formula is C28H23Cl3O4S. The number of rotatable bonds is 7. The van der Waals surface area contributed by atoms with Crippen molar-refractivity contribution in [1.29, 1.82) is 0 Å². The molecule has 0 saturated carbocycles. The number of benzene rings is 3. The molecule has 0 amide bonds. The van der Waals surface area contributed by atoms with Gasteiger partial charge in [0.2, 0.25) is 0 Å². The number of carbonyl (C=O) groups is 2. The highest BCUT2D eigenvalue weighted by atomic mass is 35.5. The van der Waals surface area contributed by atoms with Crippen molar-refractivity contribution in [3.8, 4) is 0 Å². The van der Waals surface area contributed by atoms with Crippen LogP contribution in [0.3, 0.4) is 0 Å². The van der Waals surface area contributed by atoms with Crippen molar-refractivity contribution < 1.29 is 19.4 Å². The lowest BCUT2D eigenvalue weighted by molar-refractivity contribution is -0.147. The minimum atomic E-state index is -0.375. The molecular weight excluding hydrogens is 539 g/mol. The summed E-state index contributed by atoms with van der Waals surface area (Å²) >= 11 is 20.1. The van der Waals surface area contributed by atoms with Gasteiger partial charge in [0, 0.05) is 33.7 Å². The van der Waals surface area contributed by atoms with Crippen LogP contribution in [0.25, 0.3) is 0 Å². The van der Waals surface area contributed by atoms with E-state index in [9.17, 15) is 14.7 Å². The minimum absolute atomic E-state index is 0.0326. The van der Waals surface area contributed by atoms with Gasteiger partial charge in [-0.05, 0) is 47.9 Å². The third-order valence-electron chi connectivity index (χ3n) is 5.93. The van der Waals surface area contributed by atoms with Crippen molar-refractivity contribution in [1.82, 2.24) is 0 Å². The maximum absolute atomic E-state index is 13.0. The Kier molecular flexibility index (Phi) is 8.68. The molecule has 0 aromatic heterocycles. The van der Waals surface area contributed by atoms with Gasteiger partial charge < -0.3 is 9.84 Å². The van der Waals surface area contributed by atoms with Gasteiger partial charge in [0.05, 0.1) is 16.3 Å². The number of halogens is 3. The second kappa shape index (κ2) is 11.7. The van der Waals surface area contributed by atoms with Crippen molar-refractivity contribution in [2.45, 2.75) is 43.1 Å². The summed E-state index contributed by atoms with van der Waals surface area (Å²) in [7, 11) is 0. The van der Waals surface area contributed by atoms with Crippen LogP contribution in [-0.2, 0) is 20.7 Å². The first kappa shape index (κ1) is 26.6. The highest BCUT2D eigenvalue weighted by molar-refractivity contribution is 8.04. The van der Waals surface area contributed by atoms with E-state index in [-0.39, 0.29) is 53.7 Å². The Bertz CT molecular complexity index is 1300. The first-order valence-electron chi connectivity index (χ1n) is 11.3. The van der Waals surface area contributed by atoms with Crippen LogP contribution in [0.15, 0.2) is 82.3 Å². The monoisotopic (exact) mass is 560 g/mol. The number of hydrogen-bond donors (Lipinski definition) is 1. The Morgan fingerprint density at radius 3 is 2.36 bits per heavy atom. The van der Waals surface area contributed by atoms with Crippen LogP contribution in [0, 0.1) is 0 Å². The third kappa shape index (κ3) is 6.27. The molecule has 0 heterocycles. The molecule has 1 aliphatic rings. The van der Waals surface area contributed by atoms with Gasteiger partial charge >= 0.3 is 5.97 Å². The van der Waals surface area contributed by atoms with E-state index in [1.54, 1.807) is 36.4 Å². The van der Waals surface area contributed by atoms with Crippen LogP contribution in [0.5, 0.6) is 0 Å². The van der Waals surface area contributed by atoms with Crippen molar-refractivity contribution in [3.05, 3.63) is 109 Å². The molecule has 36 heavy (non-hydrogen) atoms. The van der Waals surface area contributed by atoms with Gasteiger partial charge in [-0.1, -0.05) is 89.0 Å². The Morgan fingerprint density at radius 2 is 1.69 bits per heavy atom. The van der Waals surface area contributed by atoms with Crippen LogP contribution in [0.2, 0.25) is 15.1 Å². The molecule has 1 N–H and O–H groups in total. The van der Waals surface area contributed by atoms with E-state index >= 15 is 0 Å². The lowest BCUT2D eigenvalue weighted by Gasteiger charge is -2.25. The molecule has 186 valence electrons. The zero-order valence-corrected chi connectivity index (χ0v) is 22.4. The lowest BCUT2D eigenvalue weighted by Crippen LogP contribution is -2.17. The number of ether oxygens (including phenoxy) is 1. The van der Waals surface area contributed by atoms with E-state index in [0.29, 0.717) is 31.1 Å². The minimum Gasteiger partial charge on any atom is -0.511 e.